The molecule has 51 heavy (non-hydrogen) atoms. The third kappa shape index (κ3) is 13.7. The summed E-state index contributed by atoms with van der Waals surface area (Å²) in [6, 6.07) is 13.9. The van der Waals surface area contributed by atoms with E-state index in [4.69, 9.17) is 10.5 Å². The summed E-state index contributed by atoms with van der Waals surface area (Å²) in [6.07, 6.45) is 6.26. The maximum absolute atomic E-state index is 13.8. The number of carbonyl (C=O) groups is 6. The molecule has 2 aromatic rings. The lowest BCUT2D eigenvalue weighted by atomic mass is 9.90. The van der Waals surface area contributed by atoms with Crippen LogP contribution in [0.2, 0.25) is 0 Å². The van der Waals surface area contributed by atoms with Gasteiger partial charge in [-0.25, -0.2) is 4.79 Å². The Balaban J connectivity index is 1.74. The van der Waals surface area contributed by atoms with Crippen molar-refractivity contribution >= 4 is 35.3 Å². The molecule has 2 aromatic carbocycles. The van der Waals surface area contributed by atoms with Crippen molar-refractivity contribution < 1.29 is 33.5 Å². The van der Waals surface area contributed by atoms with Crippen molar-refractivity contribution in [1.29, 1.82) is 0 Å². The molecule has 3 amide bonds. The van der Waals surface area contributed by atoms with Crippen molar-refractivity contribution in [2.24, 2.45) is 17.6 Å². The summed E-state index contributed by atoms with van der Waals surface area (Å²) >= 11 is 0. The van der Waals surface area contributed by atoms with Gasteiger partial charge in [-0.15, -0.1) is 0 Å². The highest BCUT2D eigenvalue weighted by molar-refractivity contribution is 6.00. The highest BCUT2D eigenvalue weighted by atomic mass is 16.5. The van der Waals surface area contributed by atoms with Crippen LogP contribution in [-0.4, -0.2) is 67.5 Å². The molecule has 1 aliphatic heterocycles. The number of benzene rings is 2. The molecule has 1 aliphatic rings. The summed E-state index contributed by atoms with van der Waals surface area (Å²) in [4.78, 5) is 78.8. The van der Waals surface area contributed by atoms with E-state index in [0.29, 0.717) is 57.2 Å². The van der Waals surface area contributed by atoms with Crippen LogP contribution in [0.3, 0.4) is 0 Å². The molecule has 11 heteroatoms. The number of ketones is 2. The standard InChI is InChI=1S/C40H56N4O7/c1-4-5-10-28-13-15-29(16-14-28)30-17-19-31(20-18-30)35(45)26-32(11-6-8-23-41)39(49)43-33-21-22-37(47)42-24-9-7-12-34(40(50)51-3)44-38(48)27(2)25-36(33)46/h13-20,27,32-34H,4-12,21-26,41H2,1-3H3,(H,42,47)(H,43,49)(H,44,48)/t27-,32-,33+,34+/m1/s1. The topological polar surface area (TPSA) is 174 Å². The van der Waals surface area contributed by atoms with Crippen LogP contribution < -0.4 is 21.7 Å². The predicted octanol–water partition coefficient (Wildman–Crippen LogP) is 4.83. The Morgan fingerprint density at radius 2 is 1.63 bits per heavy atom. The van der Waals surface area contributed by atoms with Crippen LogP contribution in [0.15, 0.2) is 48.5 Å². The minimum atomic E-state index is -1.04. The predicted molar refractivity (Wildman–Crippen MR) is 197 cm³/mol. The molecule has 278 valence electrons. The Bertz CT molecular complexity index is 1460. The summed E-state index contributed by atoms with van der Waals surface area (Å²) in [5.41, 5.74) is 9.54. The average molecular weight is 705 g/mol. The normalized spacial score (nSPS) is 19.8. The second kappa shape index (κ2) is 21.8. The zero-order chi connectivity index (χ0) is 37.2. The molecule has 3 rings (SSSR count). The average Bonchev–Trinajstić information content (AvgIpc) is 3.14. The van der Waals surface area contributed by atoms with Crippen molar-refractivity contribution in [2.45, 2.75) is 109 Å². The highest BCUT2D eigenvalue weighted by Gasteiger charge is 2.31. The number of aryl methyl sites for hydroxylation is 1. The molecule has 0 unspecified atom stereocenters. The molecule has 0 spiro atoms. The maximum Gasteiger partial charge on any atom is 0.328 e. The summed E-state index contributed by atoms with van der Waals surface area (Å²) in [6.45, 7) is 4.55. The molecular weight excluding hydrogens is 648 g/mol. The van der Waals surface area contributed by atoms with Gasteiger partial charge in [-0.3, -0.25) is 24.0 Å². The molecule has 1 heterocycles. The van der Waals surface area contributed by atoms with Crippen molar-refractivity contribution in [1.82, 2.24) is 16.0 Å². The second-order valence-corrected chi connectivity index (χ2v) is 13.6. The van der Waals surface area contributed by atoms with Crippen LogP contribution in [-0.2, 0) is 35.1 Å². The van der Waals surface area contributed by atoms with E-state index >= 15 is 0 Å². The smallest absolute Gasteiger partial charge is 0.328 e. The summed E-state index contributed by atoms with van der Waals surface area (Å²) in [5.74, 6) is -3.92. The number of unbranched alkanes of at least 4 members (excludes halogenated alkanes) is 2. The van der Waals surface area contributed by atoms with Crippen LogP contribution in [0.4, 0.5) is 0 Å². The minimum absolute atomic E-state index is 0.00731. The number of nitrogens with one attached hydrogen (secondary N) is 3. The van der Waals surface area contributed by atoms with Crippen LogP contribution >= 0.6 is 0 Å². The molecule has 1 saturated heterocycles. The van der Waals surface area contributed by atoms with Crippen LogP contribution in [0.1, 0.15) is 107 Å². The van der Waals surface area contributed by atoms with Gasteiger partial charge in [0, 0.05) is 43.2 Å². The van der Waals surface area contributed by atoms with E-state index in [-0.39, 0.29) is 37.4 Å². The lowest BCUT2D eigenvalue weighted by Crippen LogP contribution is -2.47. The molecule has 0 aromatic heterocycles. The summed E-state index contributed by atoms with van der Waals surface area (Å²) < 4.78 is 4.84. The molecule has 0 saturated carbocycles. The number of nitrogens with two attached hydrogens (primary N) is 1. The Hall–Kier alpha value is -4.38. The number of hydrogen-bond donors (Lipinski definition) is 4. The first-order valence-corrected chi connectivity index (χ1v) is 18.5. The van der Waals surface area contributed by atoms with E-state index in [2.05, 4.69) is 47.1 Å². The first kappa shape index (κ1) is 41.0. The third-order valence-electron chi connectivity index (χ3n) is 9.49. The van der Waals surface area contributed by atoms with Gasteiger partial charge < -0.3 is 26.4 Å². The van der Waals surface area contributed by atoms with E-state index < -0.39 is 47.5 Å². The van der Waals surface area contributed by atoms with Crippen molar-refractivity contribution in [2.75, 3.05) is 20.2 Å². The number of methoxy groups -OCH3 is 1. The Kier molecular flexibility index (Phi) is 17.5. The highest BCUT2D eigenvalue weighted by Crippen LogP contribution is 2.24. The van der Waals surface area contributed by atoms with Gasteiger partial charge in [-0.2, -0.15) is 0 Å². The summed E-state index contributed by atoms with van der Waals surface area (Å²) in [5, 5.41) is 8.33. The Labute approximate surface area is 302 Å². The van der Waals surface area contributed by atoms with E-state index in [0.717, 1.165) is 30.4 Å². The van der Waals surface area contributed by atoms with Gasteiger partial charge in [0.1, 0.15) is 6.04 Å². The third-order valence-corrected chi connectivity index (χ3v) is 9.49. The Morgan fingerprint density at radius 3 is 2.27 bits per heavy atom. The fourth-order valence-electron chi connectivity index (χ4n) is 6.21. The Morgan fingerprint density at radius 1 is 0.941 bits per heavy atom. The van der Waals surface area contributed by atoms with Crippen LogP contribution in [0.5, 0.6) is 0 Å². The molecule has 5 N–H and O–H groups in total. The van der Waals surface area contributed by atoms with Gasteiger partial charge in [0.2, 0.25) is 17.7 Å². The maximum atomic E-state index is 13.8. The second-order valence-electron chi connectivity index (χ2n) is 13.6. The number of Topliss-reactive ketones (excluding diaryl/α,β-unsaturated/α-hetero) is 2. The molecule has 1 fully saturated rings. The van der Waals surface area contributed by atoms with Crippen LogP contribution in [0.25, 0.3) is 11.1 Å². The molecule has 0 bridgehead atoms. The first-order valence-electron chi connectivity index (χ1n) is 18.5. The van der Waals surface area contributed by atoms with Crippen molar-refractivity contribution in [3.8, 4) is 11.1 Å². The van der Waals surface area contributed by atoms with Gasteiger partial charge in [-0.05, 0) is 74.6 Å². The van der Waals surface area contributed by atoms with Gasteiger partial charge in [0.05, 0.1) is 13.2 Å². The van der Waals surface area contributed by atoms with Gasteiger partial charge in [0.15, 0.2) is 11.6 Å². The number of esters is 1. The fourth-order valence-corrected chi connectivity index (χ4v) is 6.21. The monoisotopic (exact) mass is 704 g/mol. The number of carbonyl (C=O) groups excluding carboxylic acids is 6. The number of amides is 3. The SMILES string of the molecule is CCCCc1ccc(-c2ccc(C(=O)C[C@@H](CCCCN)C(=O)N[C@H]3CCC(=O)NCCCC[C@@H](C(=O)OC)NC(=O)[C@H](C)CC3=O)cc2)cc1. The van der Waals surface area contributed by atoms with Gasteiger partial charge >= 0.3 is 5.97 Å². The zero-order valence-electron chi connectivity index (χ0n) is 30.5. The zero-order valence-corrected chi connectivity index (χ0v) is 30.5. The molecule has 0 radical (unpaired) electrons. The lowest BCUT2D eigenvalue weighted by molar-refractivity contribution is -0.146. The molecular formula is C40H56N4O7. The first-order chi connectivity index (χ1) is 24.6. The van der Waals surface area contributed by atoms with Gasteiger partial charge in [-0.1, -0.05) is 75.2 Å². The summed E-state index contributed by atoms with van der Waals surface area (Å²) in [7, 11) is 1.24. The lowest BCUT2D eigenvalue weighted by Gasteiger charge is -2.23. The molecule has 4 atom stereocenters. The number of hydrogen-bond acceptors (Lipinski definition) is 8. The number of rotatable bonds is 14. The number of ether oxygens (including phenoxy) is 1. The van der Waals surface area contributed by atoms with Crippen molar-refractivity contribution in [3.05, 3.63) is 59.7 Å². The van der Waals surface area contributed by atoms with Crippen LogP contribution in [0, 0.1) is 11.8 Å². The van der Waals surface area contributed by atoms with E-state index in [9.17, 15) is 28.8 Å². The van der Waals surface area contributed by atoms with E-state index in [1.807, 2.05) is 12.1 Å². The minimum Gasteiger partial charge on any atom is -0.467 e. The van der Waals surface area contributed by atoms with E-state index in [1.165, 1.54) is 12.7 Å². The molecule has 11 nitrogen and oxygen atoms in total. The quantitative estimate of drug-likeness (QED) is 0.123. The molecule has 0 aliphatic carbocycles. The van der Waals surface area contributed by atoms with E-state index in [1.54, 1.807) is 19.1 Å². The largest absolute Gasteiger partial charge is 0.467 e. The van der Waals surface area contributed by atoms with Gasteiger partial charge in [0.25, 0.3) is 0 Å². The fraction of sp³-hybridized carbons (Fsp3) is 0.550. The van der Waals surface area contributed by atoms with Crippen molar-refractivity contribution in [3.63, 3.8) is 0 Å².